The van der Waals surface area contributed by atoms with Gasteiger partial charge < -0.3 is 0 Å². The Kier molecular flexibility index (Phi) is 4.51. The summed E-state index contributed by atoms with van der Waals surface area (Å²) in [5.41, 5.74) is 3.03. The number of nitroso groups, excluding NO2 is 1. The third-order valence-electron chi connectivity index (χ3n) is 2.44. The van der Waals surface area contributed by atoms with E-state index in [1.54, 1.807) is 0 Å². The molecule has 0 heterocycles. The van der Waals surface area contributed by atoms with E-state index in [0.29, 0.717) is 5.70 Å². The Morgan fingerprint density at radius 2 is 2.43 bits per heavy atom. The molecule has 0 fully saturated rings. The molecule has 0 saturated heterocycles. The van der Waals surface area contributed by atoms with Crippen LogP contribution in [0.1, 0.15) is 33.1 Å². The van der Waals surface area contributed by atoms with Gasteiger partial charge in [-0.25, -0.2) is 0 Å². The highest BCUT2D eigenvalue weighted by Gasteiger charge is 2.16. The standard InChI is InChI=1S/C11H14INO/c1-3-8(4-2)9-6-5-7-10(12)11(9)13-14/h3,7H,4-6H2,1-2H3/b8-3-. The van der Waals surface area contributed by atoms with E-state index in [2.05, 4.69) is 46.8 Å². The summed E-state index contributed by atoms with van der Waals surface area (Å²) in [7, 11) is 0. The number of allylic oxidation sites excluding steroid dienone is 5. The fourth-order valence-electron chi connectivity index (χ4n) is 1.71. The minimum Gasteiger partial charge on any atom is -0.145 e. The highest BCUT2D eigenvalue weighted by molar-refractivity contribution is 14.1. The van der Waals surface area contributed by atoms with Gasteiger partial charge in [0, 0.05) is 3.58 Å². The van der Waals surface area contributed by atoms with Crippen molar-refractivity contribution < 1.29 is 0 Å². The van der Waals surface area contributed by atoms with Gasteiger partial charge in [-0.3, -0.25) is 0 Å². The summed E-state index contributed by atoms with van der Waals surface area (Å²) in [5.74, 6) is 0. The average molecular weight is 303 g/mol. The molecule has 1 aliphatic rings. The number of hydrogen-bond donors (Lipinski definition) is 0. The van der Waals surface area contributed by atoms with E-state index in [4.69, 9.17) is 0 Å². The smallest absolute Gasteiger partial charge is 0.124 e. The molecule has 0 bridgehead atoms. The number of halogens is 1. The molecule has 0 aromatic heterocycles. The summed E-state index contributed by atoms with van der Waals surface area (Å²) in [6.45, 7) is 4.12. The monoisotopic (exact) mass is 303 g/mol. The van der Waals surface area contributed by atoms with Crippen molar-refractivity contribution in [3.63, 3.8) is 0 Å². The van der Waals surface area contributed by atoms with Crippen LogP contribution in [0.2, 0.25) is 0 Å². The lowest BCUT2D eigenvalue weighted by molar-refractivity contribution is 0.910. The molecular formula is C11H14INO. The van der Waals surface area contributed by atoms with E-state index in [1.807, 2.05) is 6.92 Å². The molecule has 0 aromatic carbocycles. The maximum Gasteiger partial charge on any atom is 0.124 e. The molecule has 1 aliphatic carbocycles. The Bertz CT molecular complexity index is 326. The van der Waals surface area contributed by atoms with Gasteiger partial charge in [-0.05, 0) is 65.1 Å². The lowest BCUT2D eigenvalue weighted by atomic mass is 9.93. The van der Waals surface area contributed by atoms with Gasteiger partial charge in [0.15, 0.2) is 0 Å². The van der Waals surface area contributed by atoms with Crippen LogP contribution in [0.5, 0.6) is 0 Å². The second-order valence-electron chi connectivity index (χ2n) is 3.18. The quantitative estimate of drug-likeness (QED) is 0.558. The number of rotatable bonds is 3. The van der Waals surface area contributed by atoms with Gasteiger partial charge in [-0.2, -0.15) is 0 Å². The molecule has 0 atom stereocenters. The molecule has 0 N–H and O–H groups in total. The van der Waals surface area contributed by atoms with Gasteiger partial charge in [-0.1, -0.05) is 19.1 Å². The van der Waals surface area contributed by atoms with Crippen LogP contribution >= 0.6 is 22.6 Å². The minimum absolute atomic E-state index is 0.645. The van der Waals surface area contributed by atoms with Crippen LogP contribution in [-0.4, -0.2) is 0 Å². The van der Waals surface area contributed by atoms with Crippen molar-refractivity contribution in [2.45, 2.75) is 33.1 Å². The summed E-state index contributed by atoms with van der Waals surface area (Å²) < 4.78 is 0.992. The Hall–Kier alpha value is -0.450. The summed E-state index contributed by atoms with van der Waals surface area (Å²) in [4.78, 5) is 10.7. The third-order valence-corrected chi connectivity index (χ3v) is 3.39. The second kappa shape index (κ2) is 5.44. The molecule has 0 spiro atoms. The van der Waals surface area contributed by atoms with Crippen LogP contribution in [0, 0.1) is 4.91 Å². The van der Waals surface area contributed by atoms with Crippen LogP contribution in [0.4, 0.5) is 0 Å². The first-order chi connectivity index (χ1) is 6.74. The fourth-order valence-corrected chi connectivity index (χ4v) is 2.44. The van der Waals surface area contributed by atoms with Crippen molar-refractivity contribution in [3.05, 3.63) is 37.5 Å². The zero-order valence-corrected chi connectivity index (χ0v) is 10.7. The first-order valence-corrected chi connectivity index (χ1v) is 5.90. The first kappa shape index (κ1) is 11.6. The number of hydrogen-bond acceptors (Lipinski definition) is 2. The Balaban J connectivity index is 3.16. The van der Waals surface area contributed by atoms with E-state index in [-0.39, 0.29) is 0 Å². The van der Waals surface area contributed by atoms with E-state index in [9.17, 15) is 4.91 Å². The minimum atomic E-state index is 0.645. The van der Waals surface area contributed by atoms with Gasteiger partial charge in [0.25, 0.3) is 0 Å². The molecule has 0 saturated carbocycles. The maximum atomic E-state index is 10.7. The van der Waals surface area contributed by atoms with Crippen LogP contribution in [-0.2, 0) is 0 Å². The first-order valence-electron chi connectivity index (χ1n) is 4.82. The van der Waals surface area contributed by atoms with Crippen molar-refractivity contribution in [1.82, 2.24) is 0 Å². The van der Waals surface area contributed by atoms with Gasteiger partial charge in [-0.15, -0.1) is 4.91 Å². The molecule has 0 amide bonds. The lowest BCUT2D eigenvalue weighted by Crippen LogP contribution is -1.99. The molecule has 76 valence electrons. The van der Waals surface area contributed by atoms with E-state index in [0.717, 1.165) is 28.4 Å². The second-order valence-corrected chi connectivity index (χ2v) is 4.34. The van der Waals surface area contributed by atoms with Crippen molar-refractivity contribution in [2.24, 2.45) is 5.18 Å². The molecule has 14 heavy (non-hydrogen) atoms. The Labute approximate surface area is 98.3 Å². The van der Waals surface area contributed by atoms with Crippen LogP contribution in [0.25, 0.3) is 0 Å². The summed E-state index contributed by atoms with van der Waals surface area (Å²) >= 11 is 2.18. The van der Waals surface area contributed by atoms with Crippen molar-refractivity contribution >= 4 is 22.6 Å². The average Bonchev–Trinajstić information content (AvgIpc) is 2.20. The Morgan fingerprint density at radius 3 is 2.93 bits per heavy atom. The SMILES string of the molecule is C/C=C(/CC)C1=C(N=O)C(I)=CCC1. The summed E-state index contributed by atoms with van der Waals surface area (Å²) in [5, 5.41) is 3.14. The van der Waals surface area contributed by atoms with Crippen molar-refractivity contribution in [2.75, 3.05) is 0 Å². The van der Waals surface area contributed by atoms with E-state index in [1.165, 1.54) is 5.57 Å². The van der Waals surface area contributed by atoms with E-state index >= 15 is 0 Å². The van der Waals surface area contributed by atoms with Crippen molar-refractivity contribution in [1.29, 1.82) is 0 Å². The molecule has 0 unspecified atom stereocenters. The fraction of sp³-hybridized carbons (Fsp3) is 0.455. The van der Waals surface area contributed by atoms with Crippen molar-refractivity contribution in [3.8, 4) is 0 Å². The lowest BCUT2D eigenvalue weighted by Gasteiger charge is -2.15. The maximum absolute atomic E-state index is 10.7. The molecule has 1 rings (SSSR count). The zero-order valence-electron chi connectivity index (χ0n) is 8.51. The van der Waals surface area contributed by atoms with Crippen LogP contribution in [0.15, 0.2) is 37.8 Å². The molecule has 0 radical (unpaired) electrons. The highest BCUT2D eigenvalue weighted by atomic mass is 127. The molecule has 3 heteroatoms. The summed E-state index contributed by atoms with van der Waals surface area (Å²) in [6, 6.07) is 0. The normalized spacial score (nSPS) is 18.2. The predicted molar refractivity (Wildman–Crippen MR) is 68.2 cm³/mol. The van der Waals surface area contributed by atoms with Gasteiger partial charge in [0.05, 0.1) is 0 Å². The molecule has 2 nitrogen and oxygen atoms in total. The molecule has 0 aliphatic heterocycles. The number of nitrogens with zero attached hydrogens (tertiary/aromatic N) is 1. The van der Waals surface area contributed by atoms with Crippen LogP contribution < -0.4 is 0 Å². The summed E-state index contributed by atoms with van der Waals surface area (Å²) in [6.07, 6.45) is 7.08. The zero-order chi connectivity index (χ0) is 10.6. The third kappa shape index (κ3) is 2.32. The Morgan fingerprint density at radius 1 is 1.71 bits per heavy atom. The van der Waals surface area contributed by atoms with Gasteiger partial charge >= 0.3 is 0 Å². The topological polar surface area (TPSA) is 29.4 Å². The predicted octanol–water partition coefficient (Wildman–Crippen LogP) is 4.48. The largest absolute Gasteiger partial charge is 0.145 e. The van der Waals surface area contributed by atoms with Gasteiger partial charge in [0.1, 0.15) is 5.70 Å². The highest BCUT2D eigenvalue weighted by Crippen LogP contribution is 2.34. The molecular weight excluding hydrogens is 289 g/mol. The van der Waals surface area contributed by atoms with E-state index < -0.39 is 0 Å². The molecule has 0 aromatic rings. The van der Waals surface area contributed by atoms with Crippen LogP contribution in [0.3, 0.4) is 0 Å². The van der Waals surface area contributed by atoms with Gasteiger partial charge in [0.2, 0.25) is 0 Å².